The fraction of sp³-hybridized carbons (Fsp3) is 0.444. The maximum Gasteiger partial charge on any atom is 0.243 e. The summed E-state index contributed by atoms with van der Waals surface area (Å²) in [6.07, 6.45) is 0. The van der Waals surface area contributed by atoms with Crippen LogP contribution in [0.15, 0.2) is 10.5 Å². The molecule has 0 aliphatic heterocycles. The number of thiophene rings is 1. The molecule has 0 saturated heterocycles. The maximum absolute atomic E-state index is 10.4. The van der Waals surface area contributed by atoms with E-state index in [1.54, 1.807) is 11.3 Å². The van der Waals surface area contributed by atoms with Gasteiger partial charge < -0.3 is 16.2 Å². The van der Waals surface area contributed by atoms with Crippen molar-refractivity contribution in [1.29, 1.82) is 0 Å². The number of halogens is 1. The molecule has 1 atom stereocenters. The number of rotatable bonds is 5. The topological polar surface area (TPSA) is 78.3 Å². The zero-order chi connectivity index (χ0) is 11.4. The number of nitrogens with two attached hydrogens (primary N) is 2. The van der Waals surface area contributed by atoms with E-state index in [1.807, 2.05) is 13.0 Å². The standard InChI is InChI=1S/C9H13BrN2O2S/c1-5-6(10)2-8(15-5)7(11)3-14-4-9(12)13/h2,7H,3-4,11H2,1H3,(H2,12,13). The third-order valence-electron chi connectivity index (χ3n) is 1.78. The molecule has 1 amide bonds. The number of primary amides is 1. The lowest BCUT2D eigenvalue weighted by Gasteiger charge is -2.08. The van der Waals surface area contributed by atoms with Crippen LogP contribution in [0.5, 0.6) is 0 Å². The van der Waals surface area contributed by atoms with E-state index < -0.39 is 5.91 Å². The molecule has 4 nitrogen and oxygen atoms in total. The Kier molecular flexibility index (Phi) is 4.72. The van der Waals surface area contributed by atoms with Crippen molar-refractivity contribution in [1.82, 2.24) is 0 Å². The molecule has 1 aromatic rings. The molecule has 0 bridgehead atoms. The second-order valence-electron chi connectivity index (χ2n) is 3.14. The molecule has 6 heteroatoms. The van der Waals surface area contributed by atoms with Crippen LogP contribution in [0.2, 0.25) is 0 Å². The first-order chi connectivity index (χ1) is 7.00. The number of carbonyl (C=O) groups excluding carboxylic acids is 1. The highest BCUT2D eigenvalue weighted by molar-refractivity contribution is 9.10. The van der Waals surface area contributed by atoms with Crippen LogP contribution in [-0.2, 0) is 9.53 Å². The van der Waals surface area contributed by atoms with Gasteiger partial charge in [0.1, 0.15) is 6.61 Å². The van der Waals surface area contributed by atoms with Gasteiger partial charge >= 0.3 is 0 Å². The summed E-state index contributed by atoms with van der Waals surface area (Å²) in [5, 5.41) is 0. The minimum absolute atomic E-state index is 0.0841. The van der Waals surface area contributed by atoms with Crippen molar-refractivity contribution in [2.45, 2.75) is 13.0 Å². The van der Waals surface area contributed by atoms with Gasteiger partial charge in [-0.25, -0.2) is 0 Å². The molecule has 84 valence electrons. The van der Waals surface area contributed by atoms with Crippen molar-refractivity contribution < 1.29 is 9.53 Å². The summed E-state index contributed by atoms with van der Waals surface area (Å²) in [5.41, 5.74) is 10.8. The summed E-state index contributed by atoms with van der Waals surface area (Å²) in [6, 6.07) is 1.76. The Morgan fingerprint density at radius 3 is 2.87 bits per heavy atom. The Balaban J connectivity index is 2.46. The van der Waals surface area contributed by atoms with E-state index in [9.17, 15) is 4.79 Å². The van der Waals surface area contributed by atoms with Gasteiger partial charge in [0, 0.05) is 14.2 Å². The quantitative estimate of drug-likeness (QED) is 0.859. The van der Waals surface area contributed by atoms with Gasteiger partial charge in [0.15, 0.2) is 0 Å². The molecule has 0 aliphatic carbocycles. The molecule has 0 aromatic carbocycles. The zero-order valence-corrected chi connectivity index (χ0v) is 10.7. The van der Waals surface area contributed by atoms with Crippen LogP contribution < -0.4 is 11.5 Å². The highest BCUT2D eigenvalue weighted by Gasteiger charge is 2.11. The molecule has 1 aromatic heterocycles. The molecule has 1 unspecified atom stereocenters. The smallest absolute Gasteiger partial charge is 0.243 e. The van der Waals surface area contributed by atoms with Crippen molar-refractivity contribution in [2.24, 2.45) is 11.5 Å². The predicted octanol–water partition coefficient (Wildman–Crippen LogP) is 1.32. The predicted molar refractivity (Wildman–Crippen MR) is 63.7 cm³/mol. The van der Waals surface area contributed by atoms with Crippen molar-refractivity contribution in [3.05, 3.63) is 20.3 Å². The zero-order valence-electron chi connectivity index (χ0n) is 8.33. The molecule has 15 heavy (non-hydrogen) atoms. The number of amides is 1. The SMILES string of the molecule is Cc1sc(C(N)COCC(N)=O)cc1Br. The summed E-state index contributed by atoms with van der Waals surface area (Å²) in [6.45, 7) is 2.23. The molecule has 0 spiro atoms. The second-order valence-corrected chi connectivity index (χ2v) is 5.28. The largest absolute Gasteiger partial charge is 0.370 e. The number of aryl methyl sites for hydroxylation is 1. The number of ether oxygens (including phenoxy) is 1. The van der Waals surface area contributed by atoms with Crippen LogP contribution in [0.25, 0.3) is 0 Å². The van der Waals surface area contributed by atoms with Crippen LogP contribution in [0.3, 0.4) is 0 Å². The Morgan fingerprint density at radius 2 is 2.40 bits per heavy atom. The second kappa shape index (κ2) is 5.60. The molecule has 0 aliphatic rings. The van der Waals surface area contributed by atoms with E-state index in [1.165, 1.54) is 4.88 Å². The molecule has 0 radical (unpaired) electrons. The molecule has 0 saturated carbocycles. The molecule has 1 rings (SSSR count). The van der Waals surface area contributed by atoms with Crippen molar-refractivity contribution >= 4 is 33.2 Å². The number of carbonyl (C=O) groups is 1. The van der Waals surface area contributed by atoms with E-state index in [0.717, 1.165) is 9.35 Å². The molecule has 1 heterocycles. The van der Waals surface area contributed by atoms with E-state index in [2.05, 4.69) is 15.9 Å². The van der Waals surface area contributed by atoms with E-state index in [-0.39, 0.29) is 12.6 Å². The Bertz CT molecular complexity index is 334. The first-order valence-electron chi connectivity index (χ1n) is 4.38. The van der Waals surface area contributed by atoms with Gasteiger partial charge in [0.05, 0.1) is 12.6 Å². The third-order valence-corrected chi connectivity index (χ3v) is 4.05. The normalized spacial score (nSPS) is 12.7. The van der Waals surface area contributed by atoms with Crippen LogP contribution >= 0.6 is 27.3 Å². The Labute approximate surface area is 101 Å². The van der Waals surface area contributed by atoms with Crippen molar-refractivity contribution in [3.63, 3.8) is 0 Å². The minimum Gasteiger partial charge on any atom is -0.370 e. The summed E-state index contributed by atoms with van der Waals surface area (Å²) >= 11 is 5.03. The fourth-order valence-corrected chi connectivity index (χ4v) is 2.58. The lowest BCUT2D eigenvalue weighted by atomic mass is 10.3. The highest BCUT2D eigenvalue weighted by atomic mass is 79.9. The van der Waals surface area contributed by atoms with Crippen molar-refractivity contribution in [2.75, 3.05) is 13.2 Å². The monoisotopic (exact) mass is 292 g/mol. The molecular formula is C9H13BrN2O2S. The summed E-state index contributed by atoms with van der Waals surface area (Å²) in [7, 11) is 0. The number of hydrogen-bond donors (Lipinski definition) is 2. The highest BCUT2D eigenvalue weighted by Crippen LogP contribution is 2.29. The third kappa shape index (κ3) is 3.90. The first-order valence-corrected chi connectivity index (χ1v) is 5.99. The summed E-state index contributed by atoms with van der Waals surface area (Å²) in [5.74, 6) is -0.481. The molecule has 4 N–H and O–H groups in total. The molecular weight excluding hydrogens is 280 g/mol. The van der Waals surface area contributed by atoms with Gasteiger partial charge in [-0.2, -0.15) is 0 Å². The average molecular weight is 293 g/mol. The van der Waals surface area contributed by atoms with E-state index in [4.69, 9.17) is 16.2 Å². The lowest BCUT2D eigenvalue weighted by molar-refractivity contribution is -0.122. The van der Waals surface area contributed by atoms with Crippen LogP contribution in [0, 0.1) is 6.92 Å². The maximum atomic E-state index is 10.4. The van der Waals surface area contributed by atoms with Crippen LogP contribution in [0.1, 0.15) is 15.8 Å². The van der Waals surface area contributed by atoms with Gasteiger partial charge in [0.2, 0.25) is 5.91 Å². The average Bonchev–Trinajstić information content (AvgIpc) is 2.46. The van der Waals surface area contributed by atoms with Gasteiger partial charge in [0.25, 0.3) is 0 Å². The van der Waals surface area contributed by atoms with Gasteiger partial charge in [-0.3, -0.25) is 4.79 Å². The summed E-state index contributed by atoms with van der Waals surface area (Å²) < 4.78 is 6.10. The Hall–Kier alpha value is -0.430. The minimum atomic E-state index is -0.481. The van der Waals surface area contributed by atoms with E-state index in [0.29, 0.717) is 6.61 Å². The molecule has 0 fully saturated rings. The van der Waals surface area contributed by atoms with Gasteiger partial charge in [-0.1, -0.05) is 0 Å². The Morgan fingerprint density at radius 1 is 1.73 bits per heavy atom. The van der Waals surface area contributed by atoms with Crippen molar-refractivity contribution in [3.8, 4) is 0 Å². The van der Waals surface area contributed by atoms with Gasteiger partial charge in [-0.05, 0) is 28.9 Å². The lowest BCUT2D eigenvalue weighted by Crippen LogP contribution is -2.22. The van der Waals surface area contributed by atoms with E-state index >= 15 is 0 Å². The van der Waals surface area contributed by atoms with Crippen LogP contribution in [-0.4, -0.2) is 19.1 Å². The summed E-state index contributed by atoms with van der Waals surface area (Å²) in [4.78, 5) is 12.6. The van der Waals surface area contributed by atoms with Crippen LogP contribution in [0.4, 0.5) is 0 Å². The van der Waals surface area contributed by atoms with Gasteiger partial charge in [-0.15, -0.1) is 11.3 Å². The first kappa shape index (κ1) is 12.6. The fourth-order valence-electron chi connectivity index (χ4n) is 1.03. The number of hydrogen-bond acceptors (Lipinski definition) is 4.